The Morgan fingerprint density at radius 1 is 1.03 bits per heavy atom. The molecule has 0 atom stereocenters. The van der Waals surface area contributed by atoms with Crippen LogP contribution in [0, 0.1) is 5.82 Å². The van der Waals surface area contributed by atoms with Crippen LogP contribution in [0.1, 0.15) is 35.2 Å². The van der Waals surface area contributed by atoms with Crippen molar-refractivity contribution in [3.63, 3.8) is 0 Å². The van der Waals surface area contributed by atoms with Crippen molar-refractivity contribution in [3.05, 3.63) is 83.8 Å². The Balaban J connectivity index is 1.38. The number of hydrogen-bond donors (Lipinski definition) is 0. The number of fused-ring (bicyclic) bond motifs is 1. The first kappa shape index (κ1) is 26.6. The fraction of sp³-hybridized carbons (Fsp3) is 0.323. The SMILES string of the molecule is COCCN(C)c1nccc(Oc2ccc(CC(=O)c3cc(F)cc(N4CCCCC4)c3)c3ccccc23)n1. The van der Waals surface area contributed by atoms with Gasteiger partial charge in [-0.2, -0.15) is 4.98 Å². The third kappa shape index (κ3) is 6.34. The summed E-state index contributed by atoms with van der Waals surface area (Å²) in [6.07, 6.45) is 5.18. The summed E-state index contributed by atoms with van der Waals surface area (Å²) in [4.78, 5) is 26.3. The maximum Gasteiger partial charge on any atom is 0.228 e. The molecule has 0 radical (unpaired) electrons. The number of halogens is 1. The van der Waals surface area contributed by atoms with Gasteiger partial charge in [0.15, 0.2) is 5.78 Å². The van der Waals surface area contributed by atoms with Crippen molar-refractivity contribution in [2.75, 3.05) is 50.2 Å². The zero-order valence-corrected chi connectivity index (χ0v) is 22.4. The molecule has 0 unspecified atom stereocenters. The second-order valence-corrected chi connectivity index (χ2v) is 9.83. The molecule has 7 nitrogen and oxygen atoms in total. The fourth-order valence-electron chi connectivity index (χ4n) is 4.94. The molecule has 4 aromatic rings. The third-order valence-electron chi connectivity index (χ3n) is 7.06. The van der Waals surface area contributed by atoms with Gasteiger partial charge in [0.2, 0.25) is 11.8 Å². The standard InChI is InChI=1S/C31H33FN4O3/c1-35(16-17-38-2)31-33-13-12-30(34-31)39-29-11-10-22(26-8-4-5-9-27(26)29)20-28(37)23-18-24(32)21-25(19-23)36-14-6-3-7-15-36/h4-5,8-13,18-19,21H,3,6-7,14-17,20H2,1-2H3. The van der Waals surface area contributed by atoms with Crippen molar-refractivity contribution < 1.29 is 18.7 Å². The lowest BCUT2D eigenvalue weighted by Gasteiger charge is -2.29. The maximum absolute atomic E-state index is 14.5. The van der Waals surface area contributed by atoms with E-state index in [1.165, 1.54) is 18.6 Å². The van der Waals surface area contributed by atoms with Crippen LogP contribution in [0.15, 0.2) is 66.9 Å². The minimum atomic E-state index is -0.382. The maximum atomic E-state index is 14.5. The lowest BCUT2D eigenvalue weighted by atomic mass is 9.96. The molecule has 0 spiro atoms. The van der Waals surface area contributed by atoms with Crippen LogP contribution in [0.3, 0.4) is 0 Å². The van der Waals surface area contributed by atoms with Gasteiger partial charge in [-0.15, -0.1) is 0 Å². The van der Waals surface area contributed by atoms with E-state index >= 15 is 0 Å². The second-order valence-electron chi connectivity index (χ2n) is 9.83. The summed E-state index contributed by atoms with van der Waals surface area (Å²) < 4.78 is 25.8. The molecule has 1 aliphatic rings. The highest BCUT2D eigenvalue weighted by molar-refractivity contribution is 6.01. The van der Waals surface area contributed by atoms with Crippen LogP contribution in [0.2, 0.25) is 0 Å². The molecule has 0 aliphatic carbocycles. The normalized spacial score (nSPS) is 13.5. The van der Waals surface area contributed by atoms with Crippen LogP contribution in [0.4, 0.5) is 16.0 Å². The first-order valence-electron chi connectivity index (χ1n) is 13.3. The number of anilines is 2. The van der Waals surface area contributed by atoms with Crippen molar-refractivity contribution in [2.45, 2.75) is 25.7 Å². The summed E-state index contributed by atoms with van der Waals surface area (Å²) in [5.41, 5.74) is 2.03. The minimum Gasteiger partial charge on any atom is -0.438 e. The first-order chi connectivity index (χ1) is 19.0. The average Bonchev–Trinajstić information content (AvgIpc) is 2.97. The van der Waals surface area contributed by atoms with Gasteiger partial charge < -0.3 is 19.3 Å². The van der Waals surface area contributed by atoms with Crippen LogP contribution < -0.4 is 14.5 Å². The van der Waals surface area contributed by atoms with Gasteiger partial charge in [-0.1, -0.05) is 30.3 Å². The molecular formula is C31H33FN4O3. The summed E-state index contributed by atoms with van der Waals surface area (Å²) in [7, 11) is 3.55. The summed E-state index contributed by atoms with van der Waals surface area (Å²) in [5, 5.41) is 1.77. The lowest BCUT2D eigenvalue weighted by molar-refractivity contribution is 0.0993. The summed E-state index contributed by atoms with van der Waals surface area (Å²) in [6.45, 7) is 2.99. The van der Waals surface area contributed by atoms with Gasteiger partial charge in [0.25, 0.3) is 0 Å². The lowest BCUT2D eigenvalue weighted by Crippen LogP contribution is -2.29. The fourth-order valence-corrected chi connectivity index (χ4v) is 4.94. The number of ketones is 1. The number of benzene rings is 3. The minimum absolute atomic E-state index is 0.119. The van der Waals surface area contributed by atoms with Crippen molar-refractivity contribution in [1.82, 2.24) is 9.97 Å². The van der Waals surface area contributed by atoms with Gasteiger partial charge in [0, 0.05) is 69.1 Å². The van der Waals surface area contributed by atoms with E-state index in [1.54, 1.807) is 19.4 Å². The molecule has 8 heteroatoms. The van der Waals surface area contributed by atoms with Gasteiger partial charge in [0.1, 0.15) is 11.6 Å². The number of piperidine rings is 1. The zero-order valence-electron chi connectivity index (χ0n) is 22.4. The molecule has 1 aromatic heterocycles. The largest absolute Gasteiger partial charge is 0.438 e. The number of carbonyl (C=O) groups is 1. The van der Waals surface area contributed by atoms with E-state index in [0.29, 0.717) is 36.3 Å². The van der Waals surface area contributed by atoms with Gasteiger partial charge in [-0.25, -0.2) is 9.37 Å². The second kappa shape index (κ2) is 12.2. The van der Waals surface area contributed by atoms with Gasteiger partial charge in [0.05, 0.1) is 6.61 Å². The van der Waals surface area contributed by atoms with Crippen LogP contribution in [-0.4, -0.2) is 56.1 Å². The number of nitrogens with zero attached hydrogens (tertiary/aromatic N) is 4. The molecule has 39 heavy (non-hydrogen) atoms. The molecule has 1 saturated heterocycles. The van der Waals surface area contributed by atoms with E-state index in [2.05, 4.69) is 14.9 Å². The molecule has 3 aromatic carbocycles. The Hall–Kier alpha value is -4.04. The Morgan fingerprint density at radius 2 is 1.82 bits per heavy atom. The van der Waals surface area contributed by atoms with E-state index in [0.717, 1.165) is 48.0 Å². The predicted octanol–water partition coefficient (Wildman–Crippen LogP) is 6.06. The highest BCUT2D eigenvalue weighted by Crippen LogP contribution is 2.33. The van der Waals surface area contributed by atoms with Crippen LogP contribution in [-0.2, 0) is 11.2 Å². The molecule has 0 N–H and O–H groups in total. The third-order valence-corrected chi connectivity index (χ3v) is 7.06. The number of carbonyl (C=O) groups excluding carboxylic acids is 1. The summed E-state index contributed by atoms with van der Waals surface area (Å²) in [5.74, 6) is 1.08. The quantitative estimate of drug-likeness (QED) is 0.232. The zero-order chi connectivity index (χ0) is 27.2. The number of hydrogen-bond acceptors (Lipinski definition) is 7. The Morgan fingerprint density at radius 3 is 2.62 bits per heavy atom. The van der Waals surface area contributed by atoms with Crippen LogP contribution in [0.5, 0.6) is 11.6 Å². The highest BCUT2D eigenvalue weighted by Gasteiger charge is 2.17. The topological polar surface area (TPSA) is 67.8 Å². The molecule has 1 aliphatic heterocycles. The molecule has 1 fully saturated rings. The summed E-state index contributed by atoms with van der Waals surface area (Å²) >= 11 is 0. The number of ether oxygens (including phenoxy) is 2. The number of likely N-dealkylation sites (N-methyl/N-ethyl adjacent to an activating group) is 1. The molecule has 5 rings (SSSR count). The van der Waals surface area contributed by atoms with Gasteiger partial charge in [-0.3, -0.25) is 4.79 Å². The van der Waals surface area contributed by atoms with E-state index < -0.39 is 0 Å². The Labute approximate surface area is 228 Å². The number of aromatic nitrogens is 2. The van der Waals surface area contributed by atoms with Crippen molar-refractivity contribution in [2.24, 2.45) is 0 Å². The first-order valence-corrected chi connectivity index (χ1v) is 13.3. The molecular weight excluding hydrogens is 495 g/mol. The Kier molecular flexibility index (Phi) is 8.32. The Bertz CT molecular complexity index is 1460. The molecule has 202 valence electrons. The van der Waals surface area contributed by atoms with Gasteiger partial charge in [-0.05, 0) is 54.5 Å². The van der Waals surface area contributed by atoms with Crippen molar-refractivity contribution in [1.29, 1.82) is 0 Å². The molecule has 0 amide bonds. The smallest absolute Gasteiger partial charge is 0.228 e. The van der Waals surface area contributed by atoms with Crippen LogP contribution in [0.25, 0.3) is 10.8 Å². The van der Waals surface area contributed by atoms with E-state index in [9.17, 15) is 9.18 Å². The van der Waals surface area contributed by atoms with E-state index in [-0.39, 0.29) is 18.0 Å². The van der Waals surface area contributed by atoms with Crippen LogP contribution >= 0.6 is 0 Å². The average molecular weight is 529 g/mol. The number of Topliss-reactive ketones (excluding diaryl/α,β-unsaturated/α-hetero) is 1. The molecule has 2 heterocycles. The monoisotopic (exact) mass is 528 g/mol. The number of rotatable bonds is 10. The van der Waals surface area contributed by atoms with Gasteiger partial charge >= 0.3 is 0 Å². The van der Waals surface area contributed by atoms with Crippen molar-refractivity contribution >= 4 is 28.2 Å². The van der Waals surface area contributed by atoms with E-state index in [1.807, 2.05) is 54.4 Å². The van der Waals surface area contributed by atoms with E-state index in [4.69, 9.17) is 9.47 Å². The predicted molar refractivity (Wildman–Crippen MR) is 152 cm³/mol. The molecule has 0 bridgehead atoms. The highest BCUT2D eigenvalue weighted by atomic mass is 19.1. The van der Waals surface area contributed by atoms with Crippen molar-refractivity contribution in [3.8, 4) is 11.6 Å². The number of methoxy groups -OCH3 is 1. The summed E-state index contributed by atoms with van der Waals surface area (Å²) in [6, 6.07) is 18.0. The molecule has 0 saturated carbocycles.